The molecule has 2 aromatic heterocycles. The zero-order chi connectivity index (χ0) is 21.8. The predicted molar refractivity (Wildman–Crippen MR) is 132 cm³/mol. The Morgan fingerprint density at radius 2 is 1.90 bits per heavy atom. The molecule has 0 unspecified atom stereocenters. The summed E-state index contributed by atoms with van der Waals surface area (Å²) < 4.78 is 2.11. The molecule has 0 saturated heterocycles. The molecule has 4 rings (SSSR count). The highest BCUT2D eigenvalue weighted by molar-refractivity contribution is 7.98. The first kappa shape index (κ1) is 21.3. The van der Waals surface area contributed by atoms with Gasteiger partial charge in [0.1, 0.15) is 5.01 Å². The molecule has 0 spiro atoms. The van der Waals surface area contributed by atoms with Crippen molar-refractivity contribution < 1.29 is 0 Å². The van der Waals surface area contributed by atoms with Gasteiger partial charge >= 0.3 is 0 Å². The molecule has 0 amide bonds. The number of anilines is 1. The maximum atomic E-state index is 4.81. The lowest BCUT2D eigenvalue weighted by atomic mass is 10.2. The van der Waals surface area contributed by atoms with E-state index in [9.17, 15) is 0 Å². The maximum absolute atomic E-state index is 4.81. The summed E-state index contributed by atoms with van der Waals surface area (Å²) in [5, 5.41) is 13.0. The van der Waals surface area contributed by atoms with Crippen LogP contribution in [0.3, 0.4) is 0 Å². The standard InChI is InChI=1S/C24H25N5S2/c1-5-13-29-22(19-7-6-8-21(14-19)28(3)4)26-27-24(29)31-16-20-15-30-23(25-20)18-11-9-17(2)10-12-18/h5-12,14-15H,1,13,16H2,2-4H3. The molecule has 31 heavy (non-hydrogen) atoms. The van der Waals surface area contributed by atoms with Crippen molar-refractivity contribution in [3.8, 4) is 22.0 Å². The van der Waals surface area contributed by atoms with Gasteiger partial charge in [-0.15, -0.1) is 28.1 Å². The van der Waals surface area contributed by atoms with Crippen molar-refractivity contribution >= 4 is 28.8 Å². The quantitative estimate of drug-likeness (QED) is 0.248. The fraction of sp³-hybridized carbons (Fsp3) is 0.208. The Hall–Kier alpha value is -2.90. The normalized spacial score (nSPS) is 10.9. The Balaban J connectivity index is 1.54. The van der Waals surface area contributed by atoms with Crippen LogP contribution in [0.1, 0.15) is 11.3 Å². The summed E-state index contributed by atoms with van der Waals surface area (Å²) in [4.78, 5) is 6.90. The van der Waals surface area contributed by atoms with E-state index in [0.717, 1.165) is 44.2 Å². The van der Waals surface area contributed by atoms with Gasteiger partial charge in [0.15, 0.2) is 11.0 Å². The monoisotopic (exact) mass is 447 g/mol. The van der Waals surface area contributed by atoms with Gasteiger partial charge in [0.05, 0.1) is 5.69 Å². The summed E-state index contributed by atoms with van der Waals surface area (Å²) in [7, 11) is 4.07. The van der Waals surface area contributed by atoms with Crippen LogP contribution in [0.5, 0.6) is 0 Å². The fourth-order valence-electron chi connectivity index (χ4n) is 3.17. The summed E-state index contributed by atoms with van der Waals surface area (Å²) >= 11 is 3.33. The second-order valence-electron chi connectivity index (χ2n) is 7.45. The molecule has 158 valence electrons. The van der Waals surface area contributed by atoms with E-state index in [0.29, 0.717) is 6.54 Å². The number of hydrogen-bond acceptors (Lipinski definition) is 6. The minimum atomic E-state index is 0.655. The highest BCUT2D eigenvalue weighted by atomic mass is 32.2. The number of benzene rings is 2. The van der Waals surface area contributed by atoms with Crippen LogP contribution in [-0.4, -0.2) is 33.8 Å². The summed E-state index contributed by atoms with van der Waals surface area (Å²) in [5.74, 6) is 1.60. The van der Waals surface area contributed by atoms with Gasteiger partial charge in [0, 0.05) is 48.6 Å². The number of aryl methyl sites for hydroxylation is 1. The van der Waals surface area contributed by atoms with E-state index >= 15 is 0 Å². The van der Waals surface area contributed by atoms with Crippen molar-refractivity contribution in [2.75, 3.05) is 19.0 Å². The topological polar surface area (TPSA) is 46.8 Å². The second kappa shape index (κ2) is 9.49. The lowest BCUT2D eigenvalue weighted by molar-refractivity contribution is 0.731. The Morgan fingerprint density at radius 3 is 2.65 bits per heavy atom. The third kappa shape index (κ3) is 4.89. The van der Waals surface area contributed by atoms with Gasteiger partial charge in [-0.25, -0.2) is 4.98 Å². The number of nitrogens with zero attached hydrogens (tertiary/aromatic N) is 5. The number of allylic oxidation sites excluding steroid dienone is 1. The number of thioether (sulfide) groups is 1. The predicted octanol–water partition coefficient (Wildman–Crippen LogP) is 5.92. The van der Waals surface area contributed by atoms with E-state index in [2.05, 4.69) is 81.0 Å². The van der Waals surface area contributed by atoms with Crippen LogP contribution in [0, 0.1) is 6.92 Å². The summed E-state index contributed by atoms with van der Waals surface area (Å²) in [6, 6.07) is 16.8. The van der Waals surface area contributed by atoms with Gasteiger partial charge < -0.3 is 4.90 Å². The first-order chi connectivity index (χ1) is 15.0. The van der Waals surface area contributed by atoms with Crippen LogP contribution in [0.2, 0.25) is 0 Å². The van der Waals surface area contributed by atoms with E-state index in [1.54, 1.807) is 23.1 Å². The van der Waals surface area contributed by atoms with Crippen molar-refractivity contribution in [2.24, 2.45) is 0 Å². The number of aromatic nitrogens is 4. The van der Waals surface area contributed by atoms with Crippen molar-refractivity contribution in [1.82, 2.24) is 19.7 Å². The molecular formula is C24H25N5S2. The van der Waals surface area contributed by atoms with Gasteiger partial charge in [0.2, 0.25) is 0 Å². The SMILES string of the molecule is C=CCn1c(SCc2csc(-c3ccc(C)cc3)n2)nnc1-c1cccc(N(C)C)c1. The average molecular weight is 448 g/mol. The molecule has 0 fully saturated rings. The van der Waals surface area contributed by atoms with E-state index < -0.39 is 0 Å². The van der Waals surface area contributed by atoms with Crippen LogP contribution in [0.15, 0.2) is 71.7 Å². The zero-order valence-electron chi connectivity index (χ0n) is 17.9. The van der Waals surface area contributed by atoms with E-state index in [4.69, 9.17) is 4.98 Å². The molecule has 2 heterocycles. The van der Waals surface area contributed by atoms with E-state index in [1.165, 1.54) is 5.56 Å². The molecule has 0 atom stereocenters. The van der Waals surface area contributed by atoms with Crippen LogP contribution < -0.4 is 4.90 Å². The van der Waals surface area contributed by atoms with Gasteiger partial charge in [-0.3, -0.25) is 4.57 Å². The summed E-state index contributed by atoms with van der Waals surface area (Å²) in [6.07, 6.45) is 1.88. The fourth-order valence-corrected chi connectivity index (χ4v) is 4.94. The van der Waals surface area contributed by atoms with Crippen LogP contribution in [0.4, 0.5) is 5.69 Å². The molecule has 0 N–H and O–H groups in total. The van der Waals surface area contributed by atoms with Crippen LogP contribution >= 0.6 is 23.1 Å². The minimum Gasteiger partial charge on any atom is -0.378 e. The maximum Gasteiger partial charge on any atom is 0.192 e. The Kier molecular flexibility index (Phi) is 6.53. The molecule has 2 aromatic carbocycles. The van der Waals surface area contributed by atoms with Crippen LogP contribution in [-0.2, 0) is 12.3 Å². The molecule has 0 aliphatic carbocycles. The Morgan fingerprint density at radius 1 is 1.10 bits per heavy atom. The first-order valence-electron chi connectivity index (χ1n) is 10.0. The third-order valence-electron chi connectivity index (χ3n) is 4.85. The second-order valence-corrected chi connectivity index (χ2v) is 9.25. The van der Waals surface area contributed by atoms with Crippen molar-refractivity contribution in [1.29, 1.82) is 0 Å². The van der Waals surface area contributed by atoms with Crippen molar-refractivity contribution in [3.63, 3.8) is 0 Å². The molecular weight excluding hydrogens is 422 g/mol. The number of hydrogen-bond donors (Lipinski definition) is 0. The van der Waals surface area contributed by atoms with Gasteiger partial charge in [-0.05, 0) is 19.1 Å². The minimum absolute atomic E-state index is 0.655. The Labute approximate surface area is 191 Å². The number of thiazole rings is 1. The lowest BCUT2D eigenvalue weighted by Gasteiger charge is -2.14. The molecule has 5 nitrogen and oxygen atoms in total. The first-order valence-corrected chi connectivity index (χ1v) is 11.9. The largest absolute Gasteiger partial charge is 0.378 e. The van der Waals surface area contributed by atoms with Crippen molar-refractivity contribution in [2.45, 2.75) is 24.4 Å². The van der Waals surface area contributed by atoms with E-state index in [-0.39, 0.29) is 0 Å². The lowest BCUT2D eigenvalue weighted by Crippen LogP contribution is -2.08. The molecule has 0 radical (unpaired) electrons. The highest BCUT2D eigenvalue weighted by Crippen LogP contribution is 2.30. The molecule has 0 aliphatic rings. The van der Waals surface area contributed by atoms with Gasteiger partial charge in [-0.2, -0.15) is 0 Å². The van der Waals surface area contributed by atoms with Gasteiger partial charge in [0.25, 0.3) is 0 Å². The molecule has 7 heteroatoms. The third-order valence-corrected chi connectivity index (χ3v) is 6.79. The van der Waals surface area contributed by atoms with Crippen LogP contribution in [0.25, 0.3) is 22.0 Å². The van der Waals surface area contributed by atoms with E-state index in [1.807, 2.05) is 26.2 Å². The summed E-state index contributed by atoms with van der Waals surface area (Å²) in [6.45, 7) is 6.66. The zero-order valence-corrected chi connectivity index (χ0v) is 19.6. The molecule has 0 aliphatic heterocycles. The molecule has 4 aromatic rings. The smallest absolute Gasteiger partial charge is 0.192 e. The highest BCUT2D eigenvalue weighted by Gasteiger charge is 2.15. The Bertz CT molecular complexity index is 1170. The van der Waals surface area contributed by atoms with Gasteiger partial charge in [-0.1, -0.05) is 59.8 Å². The molecule has 0 saturated carbocycles. The average Bonchev–Trinajstić information content (AvgIpc) is 3.40. The molecule has 0 bridgehead atoms. The number of rotatable bonds is 8. The van der Waals surface area contributed by atoms with Crippen molar-refractivity contribution in [3.05, 3.63) is 77.8 Å². The summed E-state index contributed by atoms with van der Waals surface area (Å²) in [5.41, 5.74) is 5.64.